The largest absolute Gasteiger partial charge is 0.394 e. The van der Waals surface area contributed by atoms with E-state index in [-0.39, 0.29) is 23.4 Å². The maximum absolute atomic E-state index is 11.0. The minimum Gasteiger partial charge on any atom is -0.394 e. The average Bonchev–Trinajstić information content (AvgIpc) is 2.46. The van der Waals surface area contributed by atoms with Crippen molar-refractivity contribution in [2.24, 2.45) is 0 Å². The highest BCUT2D eigenvalue weighted by atomic mass is 35.5. The first-order valence-electron chi connectivity index (χ1n) is 5.64. The van der Waals surface area contributed by atoms with Gasteiger partial charge in [-0.1, -0.05) is 41.9 Å². The Kier molecular flexibility index (Phi) is 4.43. The summed E-state index contributed by atoms with van der Waals surface area (Å²) in [6, 6.07) is 9.00. The lowest BCUT2D eigenvalue weighted by Crippen LogP contribution is -2.17. The normalized spacial score (nSPS) is 11.9. The number of aliphatic hydroxyl groups is 1. The standard InChI is InChI=1S/C13H12ClN3O2/c14-12-10(6-18)13(16-8-15-12)17-11(7-19)9-4-2-1-3-5-9/h1-6,8,11,19H,7H2,(H,15,16,17). The van der Waals surface area contributed by atoms with E-state index in [0.717, 1.165) is 5.56 Å². The number of nitrogens with one attached hydrogen (secondary N) is 1. The van der Waals surface area contributed by atoms with Crippen LogP contribution in [0.15, 0.2) is 36.7 Å². The third-order valence-corrected chi connectivity index (χ3v) is 2.95. The maximum atomic E-state index is 11.0. The molecule has 1 atom stereocenters. The van der Waals surface area contributed by atoms with Crippen molar-refractivity contribution in [2.45, 2.75) is 6.04 Å². The highest BCUT2D eigenvalue weighted by molar-refractivity contribution is 6.32. The molecule has 2 rings (SSSR count). The number of rotatable bonds is 5. The van der Waals surface area contributed by atoms with E-state index in [4.69, 9.17) is 11.6 Å². The van der Waals surface area contributed by atoms with Crippen LogP contribution < -0.4 is 5.32 Å². The lowest BCUT2D eigenvalue weighted by atomic mass is 10.1. The number of hydrogen-bond donors (Lipinski definition) is 2. The van der Waals surface area contributed by atoms with Crippen LogP contribution in [0.25, 0.3) is 0 Å². The molecule has 0 aliphatic heterocycles. The third-order valence-electron chi connectivity index (χ3n) is 2.65. The number of hydrogen-bond acceptors (Lipinski definition) is 5. The molecular formula is C13H12ClN3O2. The molecule has 0 radical (unpaired) electrons. The Balaban J connectivity index is 2.29. The molecule has 0 bridgehead atoms. The van der Waals surface area contributed by atoms with Crippen molar-refractivity contribution in [2.75, 3.05) is 11.9 Å². The van der Waals surface area contributed by atoms with Crippen molar-refractivity contribution in [1.82, 2.24) is 9.97 Å². The van der Waals surface area contributed by atoms with E-state index in [1.165, 1.54) is 6.33 Å². The number of carbonyl (C=O) groups is 1. The predicted molar refractivity (Wildman–Crippen MR) is 72.3 cm³/mol. The number of halogens is 1. The fourth-order valence-corrected chi connectivity index (χ4v) is 1.86. The Bertz CT molecular complexity index is 563. The lowest BCUT2D eigenvalue weighted by Gasteiger charge is -2.18. The van der Waals surface area contributed by atoms with Gasteiger partial charge in [-0.2, -0.15) is 0 Å². The summed E-state index contributed by atoms with van der Waals surface area (Å²) < 4.78 is 0. The summed E-state index contributed by atoms with van der Waals surface area (Å²) in [6.07, 6.45) is 1.85. The molecule has 0 saturated heterocycles. The van der Waals surface area contributed by atoms with Crippen LogP contribution >= 0.6 is 11.6 Å². The Morgan fingerprint density at radius 3 is 2.68 bits per heavy atom. The van der Waals surface area contributed by atoms with Crippen LogP contribution in [0.5, 0.6) is 0 Å². The SMILES string of the molecule is O=Cc1c(Cl)ncnc1NC(CO)c1ccccc1. The van der Waals surface area contributed by atoms with E-state index in [1.54, 1.807) is 0 Å². The quantitative estimate of drug-likeness (QED) is 0.646. The smallest absolute Gasteiger partial charge is 0.156 e. The predicted octanol–water partition coefficient (Wildman–Crippen LogP) is 2.09. The average molecular weight is 278 g/mol. The molecule has 1 unspecified atom stereocenters. The van der Waals surface area contributed by atoms with Gasteiger partial charge in [0.05, 0.1) is 18.2 Å². The van der Waals surface area contributed by atoms with Gasteiger partial charge in [0.15, 0.2) is 6.29 Å². The van der Waals surface area contributed by atoms with E-state index in [0.29, 0.717) is 12.1 Å². The van der Waals surface area contributed by atoms with Gasteiger partial charge >= 0.3 is 0 Å². The first-order chi connectivity index (χ1) is 9.26. The van der Waals surface area contributed by atoms with Crippen LogP contribution in [-0.2, 0) is 0 Å². The van der Waals surface area contributed by atoms with Crippen LogP contribution in [0, 0.1) is 0 Å². The number of aromatic nitrogens is 2. The molecule has 1 heterocycles. The summed E-state index contributed by atoms with van der Waals surface area (Å²) in [4.78, 5) is 18.7. The first-order valence-corrected chi connectivity index (χ1v) is 6.02. The van der Waals surface area contributed by atoms with Gasteiger partial charge in [-0.3, -0.25) is 4.79 Å². The van der Waals surface area contributed by atoms with Crippen LogP contribution in [0.4, 0.5) is 5.82 Å². The second-order valence-electron chi connectivity index (χ2n) is 3.83. The first kappa shape index (κ1) is 13.5. The highest BCUT2D eigenvalue weighted by Gasteiger charge is 2.15. The zero-order valence-corrected chi connectivity index (χ0v) is 10.7. The van der Waals surface area contributed by atoms with Gasteiger partial charge in [0.1, 0.15) is 17.3 Å². The summed E-state index contributed by atoms with van der Waals surface area (Å²) in [6.45, 7) is -0.135. The van der Waals surface area contributed by atoms with E-state index < -0.39 is 0 Å². The fourth-order valence-electron chi connectivity index (χ4n) is 1.68. The number of aliphatic hydroxyl groups excluding tert-OH is 1. The number of aldehydes is 1. The summed E-state index contributed by atoms with van der Waals surface area (Å²) in [5.41, 5.74) is 1.06. The molecular weight excluding hydrogens is 266 g/mol. The number of benzene rings is 1. The van der Waals surface area contributed by atoms with E-state index in [1.807, 2.05) is 30.3 Å². The number of nitrogens with zero attached hydrogens (tertiary/aromatic N) is 2. The van der Waals surface area contributed by atoms with Crippen LogP contribution in [-0.4, -0.2) is 28.0 Å². The van der Waals surface area contributed by atoms with Crippen molar-refractivity contribution in [3.63, 3.8) is 0 Å². The summed E-state index contributed by atoms with van der Waals surface area (Å²) in [5, 5.41) is 12.5. The molecule has 98 valence electrons. The van der Waals surface area contributed by atoms with Crippen molar-refractivity contribution < 1.29 is 9.90 Å². The van der Waals surface area contributed by atoms with Gasteiger partial charge < -0.3 is 10.4 Å². The molecule has 0 aliphatic rings. The molecule has 0 fully saturated rings. The van der Waals surface area contributed by atoms with Gasteiger partial charge in [-0.25, -0.2) is 9.97 Å². The van der Waals surface area contributed by atoms with Crippen LogP contribution in [0.3, 0.4) is 0 Å². The van der Waals surface area contributed by atoms with E-state index >= 15 is 0 Å². The van der Waals surface area contributed by atoms with Gasteiger partial charge in [-0.05, 0) is 5.56 Å². The molecule has 0 amide bonds. The number of carbonyl (C=O) groups excluding carboxylic acids is 1. The summed E-state index contributed by atoms with van der Waals surface area (Å²) in [5.74, 6) is 0.304. The fraction of sp³-hybridized carbons (Fsp3) is 0.154. The Morgan fingerprint density at radius 1 is 1.32 bits per heavy atom. The Labute approximate surface area is 115 Å². The minimum absolute atomic E-state index is 0.0808. The molecule has 2 N–H and O–H groups in total. The van der Waals surface area contributed by atoms with E-state index in [2.05, 4.69) is 15.3 Å². The second-order valence-corrected chi connectivity index (χ2v) is 4.19. The molecule has 19 heavy (non-hydrogen) atoms. The molecule has 1 aromatic carbocycles. The summed E-state index contributed by atoms with van der Waals surface area (Å²) >= 11 is 5.82. The molecule has 0 saturated carbocycles. The third kappa shape index (κ3) is 3.07. The van der Waals surface area contributed by atoms with Gasteiger partial charge in [0.2, 0.25) is 0 Å². The Hall–Kier alpha value is -1.98. The zero-order chi connectivity index (χ0) is 13.7. The zero-order valence-electron chi connectivity index (χ0n) is 9.95. The van der Waals surface area contributed by atoms with Gasteiger partial charge in [0.25, 0.3) is 0 Å². The summed E-state index contributed by atoms with van der Waals surface area (Å²) in [7, 11) is 0. The monoisotopic (exact) mass is 277 g/mol. The highest BCUT2D eigenvalue weighted by Crippen LogP contribution is 2.22. The van der Waals surface area contributed by atoms with Crippen LogP contribution in [0.1, 0.15) is 22.0 Å². The van der Waals surface area contributed by atoms with Crippen molar-refractivity contribution >= 4 is 23.7 Å². The molecule has 0 spiro atoms. The number of anilines is 1. The van der Waals surface area contributed by atoms with Gasteiger partial charge in [-0.15, -0.1) is 0 Å². The Morgan fingerprint density at radius 2 is 2.05 bits per heavy atom. The van der Waals surface area contributed by atoms with Crippen molar-refractivity contribution in [1.29, 1.82) is 0 Å². The maximum Gasteiger partial charge on any atom is 0.156 e. The molecule has 2 aromatic rings. The molecule has 0 aliphatic carbocycles. The molecule has 6 heteroatoms. The van der Waals surface area contributed by atoms with Crippen LogP contribution in [0.2, 0.25) is 5.15 Å². The van der Waals surface area contributed by atoms with Crippen molar-refractivity contribution in [3.8, 4) is 0 Å². The topological polar surface area (TPSA) is 75.1 Å². The molecule has 1 aromatic heterocycles. The lowest BCUT2D eigenvalue weighted by molar-refractivity contribution is 0.112. The second kappa shape index (κ2) is 6.26. The minimum atomic E-state index is -0.370. The molecule has 5 nitrogen and oxygen atoms in total. The van der Waals surface area contributed by atoms with Crippen molar-refractivity contribution in [3.05, 3.63) is 52.9 Å². The van der Waals surface area contributed by atoms with Gasteiger partial charge in [0, 0.05) is 0 Å². The van der Waals surface area contributed by atoms with E-state index in [9.17, 15) is 9.90 Å².